The van der Waals surface area contributed by atoms with Crippen molar-refractivity contribution in [3.05, 3.63) is 34.3 Å². The minimum atomic E-state index is 0.449. The standard InChI is InChI=1S/C16H22BrNO/c1-11-2-7-16(19-11)14-8-9-18-10-15(14)12-3-5-13(17)6-4-12/h3-6,11,14-16,18H,2,7-10H2,1H3. The third kappa shape index (κ3) is 3.04. The molecule has 1 aromatic rings. The lowest BCUT2D eigenvalue weighted by atomic mass is 9.77. The fourth-order valence-corrected chi connectivity index (χ4v) is 3.81. The number of hydrogen-bond donors (Lipinski definition) is 1. The van der Waals surface area contributed by atoms with Crippen molar-refractivity contribution in [1.29, 1.82) is 0 Å². The molecule has 1 N–H and O–H groups in total. The molecular formula is C16H22BrNO. The highest BCUT2D eigenvalue weighted by molar-refractivity contribution is 9.10. The molecule has 0 spiro atoms. The van der Waals surface area contributed by atoms with Crippen molar-refractivity contribution in [1.82, 2.24) is 5.32 Å². The summed E-state index contributed by atoms with van der Waals surface area (Å²) < 4.78 is 7.29. The van der Waals surface area contributed by atoms with Crippen LogP contribution in [0.1, 0.15) is 37.7 Å². The molecule has 19 heavy (non-hydrogen) atoms. The highest BCUT2D eigenvalue weighted by Gasteiger charge is 2.36. The second-order valence-electron chi connectivity index (χ2n) is 5.88. The first-order valence-corrected chi connectivity index (χ1v) is 8.15. The molecule has 2 heterocycles. The van der Waals surface area contributed by atoms with Crippen LogP contribution in [-0.4, -0.2) is 25.3 Å². The minimum Gasteiger partial charge on any atom is -0.375 e. The average Bonchev–Trinajstić information content (AvgIpc) is 2.86. The van der Waals surface area contributed by atoms with Crippen LogP contribution in [-0.2, 0) is 4.74 Å². The molecule has 3 rings (SSSR count). The van der Waals surface area contributed by atoms with Crippen molar-refractivity contribution < 1.29 is 4.74 Å². The Bertz CT molecular complexity index is 419. The zero-order valence-electron chi connectivity index (χ0n) is 11.4. The summed E-state index contributed by atoms with van der Waals surface area (Å²) in [4.78, 5) is 0. The molecule has 0 saturated carbocycles. The van der Waals surface area contributed by atoms with E-state index in [4.69, 9.17) is 4.74 Å². The van der Waals surface area contributed by atoms with Crippen molar-refractivity contribution in [2.45, 2.75) is 44.3 Å². The van der Waals surface area contributed by atoms with E-state index in [0.29, 0.717) is 24.0 Å². The maximum atomic E-state index is 6.14. The molecule has 2 saturated heterocycles. The average molecular weight is 324 g/mol. The van der Waals surface area contributed by atoms with Crippen LogP contribution in [0.3, 0.4) is 0 Å². The molecule has 2 nitrogen and oxygen atoms in total. The van der Waals surface area contributed by atoms with Crippen molar-refractivity contribution in [3.63, 3.8) is 0 Å². The van der Waals surface area contributed by atoms with Gasteiger partial charge >= 0.3 is 0 Å². The van der Waals surface area contributed by atoms with Crippen LogP contribution in [0.25, 0.3) is 0 Å². The van der Waals surface area contributed by atoms with Gasteiger partial charge in [-0.1, -0.05) is 28.1 Å². The number of hydrogen-bond acceptors (Lipinski definition) is 2. The smallest absolute Gasteiger partial charge is 0.0614 e. The zero-order valence-corrected chi connectivity index (χ0v) is 13.0. The third-order valence-electron chi connectivity index (χ3n) is 4.58. The van der Waals surface area contributed by atoms with Gasteiger partial charge in [-0.15, -0.1) is 0 Å². The van der Waals surface area contributed by atoms with E-state index in [2.05, 4.69) is 52.4 Å². The van der Waals surface area contributed by atoms with Crippen LogP contribution in [0.15, 0.2) is 28.7 Å². The van der Waals surface area contributed by atoms with Crippen molar-refractivity contribution in [3.8, 4) is 0 Å². The van der Waals surface area contributed by atoms with Gasteiger partial charge in [-0.05, 0) is 56.3 Å². The molecule has 2 aliphatic rings. The molecule has 2 aliphatic heterocycles. The molecule has 0 bridgehead atoms. The van der Waals surface area contributed by atoms with Gasteiger partial charge in [0.05, 0.1) is 12.2 Å². The van der Waals surface area contributed by atoms with E-state index < -0.39 is 0 Å². The Hall–Kier alpha value is -0.380. The number of nitrogens with one attached hydrogen (secondary N) is 1. The van der Waals surface area contributed by atoms with E-state index in [-0.39, 0.29) is 0 Å². The Labute approximate surface area is 124 Å². The van der Waals surface area contributed by atoms with Crippen molar-refractivity contribution in [2.75, 3.05) is 13.1 Å². The summed E-state index contributed by atoms with van der Waals surface area (Å²) in [5.41, 5.74) is 1.45. The topological polar surface area (TPSA) is 21.3 Å². The number of halogens is 1. The number of piperidine rings is 1. The highest BCUT2D eigenvalue weighted by Crippen LogP contribution is 2.38. The Morgan fingerprint density at radius 3 is 2.63 bits per heavy atom. The lowest BCUT2D eigenvalue weighted by Crippen LogP contribution is -2.40. The molecule has 4 atom stereocenters. The lowest BCUT2D eigenvalue weighted by molar-refractivity contribution is 0.00348. The molecule has 3 heteroatoms. The van der Waals surface area contributed by atoms with Crippen molar-refractivity contribution in [2.24, 2.45) is 5.92 Å². The SMILES string of the molecule is CC1CCC(C2CCNCC2c2ccc(Br)cc2)O1. The predicted octanol–water partition coefficient (Wildman–Crippen LogP) is 3.71. The highest BCUT2D eigenvalue weighted by atomic mass is 79.9. The number of ether oxygens (including phenoxy) is 1. The zero-order chi connectivity index (χ0) is 13.2. The van der Waals surface area contributed by atoms with Crippen LogP contribution < -0.4 is 5.32 Å². The molecular weight excluding hydrogens is 302 g/mol. The van der Waals surface area contributed by atoms with E-state index in [1.807, 2.05) is 0 Å². The quantitative estimate of drug-likeness (QED) is 0.895. The van der Waals surface area contributed by atoms with E-state index >= 15 is 0 Å². The maximum Gasteiger partial charge on any atom is 0.0614 e. The molecule has 4 unspecified atom stereocenters. The van der Waals surface area contributed by atoms with Crippen LogP contribution >= 0.6 is 15.9 Å². The van der Waals surface area contributed by atoms with E-state index in [0.717, 1.165) is 17.6 Å². The minimum absolute atomic E-state index is 0.449. The molecule has 2 fully saturated rings. The molecule has 1 aromatic carbocycles. The summed E-state index contributed by atoms with van der Waals surface area (Å²) in [6.07, 6.45) is 4.61. The normalized spacial score (nSPS) is 35.5. The monoisotopic (exact) mass is 323 g/mol. The first-order chi connectivity index (χ1) is 9.24. The van der Waals surface area contributed by atoms with Crippen LogP contribution in [0.5, 0.6) is 0 Å². The van der Waals surface area contributed by atoms with E-state index in [1.54, 1.807) is 0 Å². The lowest BCUT2D eigenvalue weighted by Gasteiger charge is -2.36. The molecule has 0 radical (unpaired) electrons. The van der Waals surface area contributed by atoms with Gasteiger partial charge in [0.25, 0.3) is 0 Å². The summed E-state index contributed by atoms with van der Waals surface area (Å²) in [5, 5.41) is 3.55. The fraction of sp³-hybridized carbons (Fsp3) is 0.625. The van der Waals surface area contributed by atoms with Gasteiger partial charge < -0.3 is 10.1 Å². The van der Waals surface area contributed by atoms with Gasteiger partial charge in [-0.3, -0.25) is 0 Å². The summed E-state index contributed by atoms with van der Waals surface area (Å²) in [6, 6.07) is 8.82. The first kappa shape index (κ1) is 13.6. The van der Waals surface area contributed by atoms with Gasteiger partial charge in [0.1, 0.15) is 0 Å². The predicted molar refractivity (Wildman–Crippen MR) is 81.4 cm³/mol. The largest absolute Gasteiger partial charge is 0.375 e. The second kappa shape index (κ2) is 5.94. The fourth-order valence-electron chi connectivity index (χ4n) is 3.55. The van der Waals surface area contributed by atoms with E-state index in [9.17, 15) is 0 Å². The van der Waals surface area contributed by atoms with Crippen LogP contribution in [0.4, 0.5) is 0 Å². The Morgan fingerprint density at radius 1 is 1.16 bits per heavy atom. The molecule has 0 aromatic heterocycles. The van der Waals surface area contributed by atoms with Gasteiger partial charge in [-0.2, -0.15) is 0 Å². The van der Waals surface area contributed by atoms with Crippen LogP contribution in [0, 0.1) is 5.92 Å². The Balaban J connectivity index is 1.78. The van der Waals surface area contributed by atoms with Crippen molar-refractivity contribution >= 4 is 15.9 Å². The maximum absolute atomic E-state index is 6.14. The van der Waals surface area contributed by atoms with Gasteiger partial charge in [0.15, 0.2) is 0 Å². The Morgan fingerprint density at radius 2 is 1.95 bits per heavy atom. The van der Waals surface area contributed by atoms with Gasteiger partial charge in [0, 0.05) is 16.9 Å². The molecule has 104 valence electrons. The van der Waals surface area contributed by atoms with E-state index in [1.165, 1.54) is 24.8 Å². The summed E-state index contributed by atoms with van der Waals surface area (Å²) in [7, 11) is 0. The van der Waals surface area contributed by atoms with Gasteiger partial charge in [0.2, 0.25) is 0 Å². The van der Waals surface area contributed by atoms with Crippen LogP contribution in [0.2, 0.25) is 0 Å². The third-order valence-corrected chi connectivity index (χ3v) is 5.10. The number of benzene rings is 1. The Kier molecular flexibility index (Phi) is 4.25. The number of rotatable bonds is 2. The summed E-state index contributed by atoms with van der Waals surface area (Å²) in [6.45, 7) is 4.42. The van der Waals surface area contributed by atoms with Gasteiger partial charge in [-0.25, -0.2) is 0 Å². The summed E-state index contributed by atoms with van der Waals surface area (Å²) in [5.74, 6) is 1.27. The second-order valence-corrected chi connectivity index (χ2v) is 6.79. The molecule has 0 aliphatic carbocycles. The molecule has 0 amide bonds. The first-order valence-electron chi connectivity index (χ1n) is 7.35. The summed E-state index contributed by atoms with van der Waals surface area (Å²) >= 11 is 3.52.